The maximum atomic E-state index is 9.95. The van der Waals surface area contributed by atoms with E-state index in [4.69, 9.17) is 23.7 Å². The standard InChI is InChI=1S/C24H28O7/c1-27-13-18(25)15-29-21-9-10-22-17(12-21)8-11-23(30-16-19(26)14-28-2)24(22)31-20-6-4-3-5-7-20/h3-12,18-19,25-26H,13-16H2,1-2H3. The Morgan fingerprint density at radius 1 is 0.710 bits per heavy atom. The topological polar surface area (TPSA) is 86.6 Å². The van der Waals surface area contributed by atoms with E-state index in [0.29, 0.717) is 23.0 Å². The van der Waals surface area contributed by atoms with Crippen molar-refractivity contribution in [2.24, 2.45) is 0 Å². The molecule has 0 aliphatic rings. The Morgan fingerprint density at radius 2 is 1.39 bits per heavy atom. The molecule has 0 aromatic heterocycles. The van der Waals surface area contributed by atoms with Crippen LogP contribution in [0.1, 0.15) is 0 Å². The van der Waals surface area contributed by atoms with Crippen LogP contribution in [0.4, 0.5) is 0 Å². The van der Waals surface area contributed by atoms with Gasteiger partial charge in [-0.3, -0.25) is 0 Å². The van der Waals surface area contributed by atoms with Crippen LogP contribution in [0, 0.1) is 0 Å². The molecule has 0 radical (unpaired) electrons. The van der Waals surface area contributed by atoms with Crippen molar-refractivity contribution in [2.75, 3.05) is 40.6 Å². The van der Waals surface area contributed by atoms with E-state index in [-0.39, 0.29) is 26.4 Å². The fourth-order valence-corrected chi connectivity index (χ4v) is 3.03. The minimum atomic E-state index is -0.750. The first-order valence-corrected chi connectivity index (χ1v) is 10.00. The van der Waals surface area contributed by atoms with Crippen LogP contribution in [0.2, 0.25) is 0 Å². The highest BCUT2D eigenvalue weighted by molar-refractivity contribution is 5.92. The lowest BCUT2D eigenvalue weighted by Gasteiger charge is -2.17. The van der Waals surface area contributed by atoms with E-state index in [0.717, 1.165) is 10.8 Å². The van der Waals surface area contributed by atoms with Crippen LogP contribution in [0.15, 0.2) is 60.7 Å². The Bertz CT molecular complexity index is 945. The summed E-state index contributed by atoms with van der Waals surface area (Å²) in [6, 6.07) is 18.7. The van der Waals surface area contributed by atoms with Crippen molar-refractivity contribution in [2.45, 2.75) is 12.2 Å². The number of hydrogen-bond donors (Lipinski definition) is 2. The van der Waals surface area contributed by atoms with Crippen LogP contribution in [-0.4, -0.2) is 63.1 Å². The predicted octanol–water partition coefficient (Wildman–Crippen LogP) is 3.40. The second-order valence-electron chi connectivity index (χ2n) is 7.03. The summed E-state index contributed by atoms with van der Waals surface area (Å²) in [6.45, 7) is 0.588. The summed E-state index contributed by atoms with van der Waals surface area (Å²) in [4.78, 5) is 0. The number of para-hydroxylation sites is 1. The molecule has 3 aromatic carbocycles. The van der Waals surface area contributed by atoms with Gasteiger partial charge in [0.25, 0.3) is 0 Å². The van der Waals surface area contributed by atoms with E-state index in [9.17, 15) is 10.2 Å². The number of rotatable bonds is 12. The molecule has 0 aliphatic heterocycles. The summed E-state index contributed by atoms with van der Waals surface area (Å²) in [7, 11) is 3.05. The van der Waals surface area contributed by atoms with Gasteiger partial charge in [-0.2, -0.15) is 0 Å². The van der Waals surface area contributed by atoms with E-state index < -0.39 is 12.2 Å². The third-order valence-electron chi connectivity index (χ3n) is 4.46. The number of aliphatic hydroxyl groups is 2. The molecule has 0 saturated heterocycles. The van der Waals surface area contributed by atoms with Crippen molar-refractivity contribution >= 4 is 10.8 Å². The first-order chi connectivity index (χ1) is 15.1. The molecule has 7 heteroatoms. The Kier molecular flexibility index (Phi) is 8.49. The third kappa shape index (κ3) is 6.57. The fourth-order valence-electron chi connectivity index (χ4n) is 3.03. The van der Waals surface area contributed by atoms with E-state index in [1.165, 1.54) is 14.2 Å². The zero-order valence-corrected chi connectivity index (χ0v) is 17.7. The summed E-state index contributed by atoms with van der Waals surface area (Å²) in [5.41, 5.74) is 0. The van der Waals surface area contributed by atoms with Crippen molar-refractivity contribution in [3.63, 3.8) is 0 Å². The van der Waals surface area contributed by atoms with Gasteiger partial charge in [0, 0.05) is 19.6 Å². The SMILES string of the molecule is COCC(O)COc1ccc2c(Oc3ccccc3)c(OCC(O)COC)ccc2c1. The second kappa shape index (κ2) is 11.5. The second-order valence-corrected chi connectivity index (χ2v) is 7.03. The molecular formula is C24H28O7. The molecule has 0 bridgehead atoms. The minimum Gasteiger partial charge on any atom is -0.491 e. The van der Waals surface area contributed by atoms with Crippen LogP contribution in [0.5, 0.6) is 23.0 Å². The molecule has 0 heterocycles. The molecule has 3 aromatic rings. The van der Waals surface area contributed by atoms with Crippen molar-refractivity contribution in [3.05, 3.63) is 60.7 Å². The van der Waals surface area contributed by atoms with Crippen molar-refractivity contribution in [3.8, 4) is 23.0 Å². The van der Waals surface area contributed by atoms with Gasteiger partial charge in [0.2, 0.25) is 0 Å². The molecule has 31 heavy (non-hydrogen) atoms. The molecule has 0 aliphatic carbocycles. The monoisotopic (exact) mass is 428 g/mol. The van der Waals surface area contributed by atoms with E-state index in [1.54, 1.807) is 6.07 Å². The van der Waals surface area contributed by atoms with Crippen LogP contribution in [0.3, 0.4) is 0 Å². The lowest BCUT2D eigenvalue weighted by atomic mass is 10.1. The lowest BCUT2D eigenvalue weighted by Crippen LogP contribution is -2.22. The summed E-state index contributed by atoms with van der Waals surface area (Å²) >= 11 is 0. The first kappa shape index (κ1) is 22.8. The number of hydrogen-bond acceptors (Lipinski definition) is 7. The van der Waals surface area contributed by atoms with Crippen LogP contribution in [-0.2, 0) is 9.47 Å². The van der Waals surface area contributed by atoms with Gasteiger partial charge < -0.3 is 33.9 Å². The van der Waals surface area contributed by atoms with Crippen LogP contribution in [0.25, 0.3) is 10.8 Å². The van der Waals surface area contributed by atoms with Gasteiger partial charge in [-0.1, -0.05) is 24.3 Å². The summed E-state index contributed by atoms with van der Waals surface area (Å²) in [5.74, 6) is 2.34. The van der Waals surface area contributed by atoms with Crippen molar-refractivity contribution in [1.82, 2.24) is 0 Å². The quantitative estimate of drug-likeness (QED) is 0.457. The highest BCUT2D eigenvalue weighted by atomic mass is 16.5. The molecule has 0 fully saturated rings. The maximum absolute atomic E-state index is 9.95. The largest absolute Gasteiger partial charge is 0.491 e. The first-order valence-electron chi connectivity index (χ1n) is 10.00. The maximum Gasteiger partial charge on any atom is 0.177 e. The van der Waals surface area contributed by atoms with E-state index >= 15 is 0 Å². The molecule has 0 saturated carbocycles. The van der Waals surface area contributed by atoms with Gasteiger partial charge in [0.1, 0.15) is 36.9 Å². The molecule has 0 spiro atoms. The Hall–Kier alpha value is -2.84. The molecule has 7 nitrogen and oxygen atoms in total. The smallest absolute Gasteiger partial charge is 0.177 e. The van der Waals surface area contributed by atoms with Crippen LogP contribution >= 0.6 is 0 Å². The highest BCUT2D eigenvalue weighted by Gasteiger charge is 2.15. The average Bonchev–Trinajstić information content (AvgIpc) is 2.78. The molecule has 3 rings (SSSR count). The highest BCUT2D eigenvalue weighted by Crippen LogP contribution is 2.40. The third-order valence-corrected chi connectivity index (χ3v) is 4.46. The molecule has 2 atom stereocenters. The zero-order valence-electron chi connectivity index (χ0n) is 17.7. The zero-order chi connectivity index (χ0) is 22.1. The molecular weight excluding hydrogens is 400 g/mol. The van der Waals surface area contributed by atoms with Gasteiger partial charge in [-0.25, -0.2) is 0 Å². The van der Waals surface area contributed by atoms with Crippen molar-refractivity contribution < 1.29 is 33.9 Å². The normalized spacial score (nSPS) is 13.0. The van der Waals surface area contributed by atoms with Crippen molar-refractivity contribution in [1.29, 1.82) is 0 Å². The van der Waals surface area contributed by atoms with E-state index in [1.807, 2.05) is 54.6 Å². The van der Waals surface area contributed by atoms with Gasteiger partial charge in [0.15, 0.2) is 11.5 Å². The summed E-state index contributed by atoms with van der Waals surface area (Å²) in [6.07, 6.45) is -1.45. The van der Waals surface area contributed by atoms with Gasteiger partial charge >= 0.3 is 0 Å². The fraction of sp³-hybridized carbons (Fsp3) is 0.333. The Labute approximate surface area is 181 Å². The predicted molar refractivity (Wildman–Crippen MR) is 117 cm³/mol. The molecule has 2 N–H and O–H groups in total. The number of ether oxygens (including phenoxy) is 5. The van der Waals surface area contributed by atoms with Gasteiger partial charge in [-0.05, 0) is 41.8 Å². The number of benzene rings is 3. The average molecular weight is 428 g/mol. The number of aliphatic hydroxyl groups excluding tert-OH is 2. The molecule has 0 amide bonds. The minimum absolute atomic E-state index is 0.0725. The van der Waals surface area contributed by atoms with Crippen LogP contribution < -0.4 is 14.2 Å². The van der Waals surface area contributed by atoms with Gasteiger partial charge in [0.05, 0.1) is 13.2 Å². The number of methoxy groups -OCH3 is 2. The Balaban J connectivity index is 1.87. The van der Waals surface area contributed by atoms with Gasteiger partial charge in [-0.15, -0.1) is 0 Å². The lowest BCUT2D eigenvalue weighted by molar-refractivity contribution is 0.0321. The summed E-state index contributed by atoms with van der Waals surface area (Å²) < 4.78 is 27.5. The Morgan fingerprint density at radius 3 is 2.06 bits per heavy atom. The molecule has 2 unspecified atom stereocenters. The number of fused-ring (bicyclic) bond motifs is 1. The molecule has 166 valence electrons. The van der Waals surface area contributed by atoms with E-state index in [2.05, 4.69) is 0 Å². The summed E-state index contributed by atoms with van der Waals surface area (Å²) in [5, 5.41) is 21.5.